The second-order valence-electron chi connectivity index (χ2n) is 5.30. The zero-order valence-electron chi connectivity index (χ0n) is 12.9. The molecule has 1 saturated heterocycles. The highest BCUT2D eigenvalue weighted by Crippen LogP contribution is 2.22. The predicted octanol–water partition coefficient (Wildman–Crippen LogP) is 1.85. The lowest BCUT2D eigenvalue weighted by Crippen LogP contribution is -2.25. The standard InChI is InChI=1S/C16H23N3O2.ClH/c1-17-9-3-7-15(20)18-12-13-5-2-6-14(11-13)19-10-4-8-16(19)21;/h2,5-6,11,17H,3-4,7-10,12H2,1H3,(H,18,20);1H. The molecular weight excluding hydrogens is 302 g/mol. The van der Waals surface area contributed by atoms with Crippen molar-refractivity contribution in [2.24, 2.45) is 0 Å². The Bertz CT molecular complexity index is 508. The van der Waals surface area contributed by atoms with Crippen LogP contribution >= 0.6 is 12.4 Å². The maximum atomic E-state index is 11.7. The summed E-state index contributed by atoms with van der Waals surface area (Å²) < 4.78 is 0. The SMILES string of the molecule is CNCCCC(=O)NCc1cccc(N2CCCC2=O)c1.Cl. The van der Waals surface area contributed by atoms with Gasteiger partial charge in [0.2, 0.25) is 11.8 Å². The van der Waals surface area contributed by atoms with Gasteiger partial charge < -0.3 is 15.5 Å². The van der Waals surface area contributed by atoms with Crippen LogP contribution in [0.4, 0.5) is 5.69 Å². The van der Waals surface area contributed by atoms with Crippen LogP contribution in [0.1, 0.15) is 31.2 Å². The quantitative estimate of drug-likeness (QED) is 0.752. The van der Waals surface area contributed by atoms with Crippen molar-refractivity contribution in [3.8, 4) is 0 Å². The molecule has 0 aliphatic carbocycles. The summed E-state index contributed by atoms with van der Waals surface area (Å²) in [5.74, 6) is 0.246. The minimum atomic E-state index is 0. The van der Waals surface area contributed by atoms with E-state index in [4.69, 9.17) is 0 Å². The topological polar surface area (TPSA) is 61.4 Å². The van der Waals surface area contributed by atoms with E-state index in [2.05, 4.69) is 10.6 Å². The predicted molar refractivity (Wildman–Crippen MR) is 90.3 cm³/mol. The molecule has 1 heterocycles. The number of halogens is 1. The van der Waals surface area contributed by atoms with Crippen molar-refractivity contribution in [1.29, 1.82) is 0 Å². The summed E-state index contributed by atoms with van der Waals surface area (Å²) in [6.07, 6.45) is 2.92. The molecule has 2 N–H and O–H groups in total. The van der Waals surface area contributed by atoms with Crippen LogP contribution in [0.5, 0.6) is 0 Å². The number of benzene rings is 1. The Hall–Kier alpha value is -1.59. The van der Waals surface area contributed by atoms with Crippen molar-refractivity contribution in [3.05, 3.63) is 29.8 Å². The van der Waals surface area contributed by atoms with Crippen LogP contribution < -0.4 is 15.5 Å². The van der Waals surface area contributed by atoms with Gasteiger partial charge in [-0.2, -0.15) is 0 Å². The van der Waals surface area contributed by atoms with Crippen LogP contribution in [0.3, 0.4) is 0 Å². The van der Waals surface area contributed by atoms with Crippen LogP contribution in [-0.2, 0) is 16.1 Å². The fraction of sp³-hybridized carbons (Fsp3) is 0.500. The summed E-state index contributed by atoms with van der Waals surface area (Å²) in [5.41, 5.74) is 1.95. The first kappa shape index (κ1) is 18.5. The smallest absolute Gasteiger partial charge is 0.227 e. The third kappa shape index (κ3) is 5.31. The van der Waals surface area contributed by atoms with E-state index in [-0.39, 0.29) is 24.2 Å². The van der Waals surface area contributed by atoms with E-state index in [0.717, 1.165) is 37.2 Å². The van der Waals surface area contributed by atoms with Gasteiger partial charge in [0.25, 0.3) is 0 Å². The molecule has 122 valence electrons. The first-order valence-electron chi connectivity index (χ1n) is 7.51. The molecule has 1 aliphatic heterocycles. The third-order valence-electron chi connectivity index (χ3n) is 3.62. The second-order valence-corrected chi connectivity index (χ2v) is 5.30. The number of hydrogen-bond donors (Lipinski definition) is 2. The van der Waals surface area contributed by atoms with Crippen molar-refractivity contribution in [3.63, 3.8) is 0 Å². The van der Waals surface area contributed by atoms with Crippen molar-refractivity contribution in [1.82, 2.24) is 10.6 Å². The van der Waals surface area contributed by atoms with E-state index < -0.39 is 0 Å². The third-order valence-corrected chi connectivity index (χ3v) is 3.62. The average Bonchev–Trinajstić information content (AvgIpc) is 2.92. The number of anilines is 1. The summed E-state index contributed by atoms with van der Waals surface area (Å²) in [7, 11) is 1.88. The van der Waals surface area contributed by atoms with Gasteiger partial charge in [0.1, 0.15) is 0 Å². The molecule has 2 amide bonds. The monoisotopic (exact) mass is 325 g/mol. The van der Waals surface area contributed by atoms with Crippen LogP contribution in [0.25, 0.3) is 0 Å². The number of carbonyl (C=O) groups is 2. The zero-order chi connectivity index (χ0) is 15.1. The van der Waals surface area contributed by atoms with Gasteiger partial charge in [-0.15, -0.1) is 12.4 Å². The van der Waals surface area contributed by atoms with Gasteiger partial charge >= 0.3 is 0 Å². The molecule has 22 heavy (non-hydrogen) atoms. The Morgan fingerprint density at radius 2 is 2.18 bits per heavy atom. The van der Waals surface area contributed by atoms with Crippen LogP contribution in [0.15, 0.2) is 24.3 Å². The molecule has 0 atom stereocenters. The molecule has 2 rings (SSSR count). The lowest BCUT2D eigenvalue weighted by atomic mass is 10.2. The Morgan fingerprint density at radius 1 is 1.36 bits per heavy atom. The first-order valence-corrected chi connectivity index (χ1v) is 7.51. The van der Waals surface area contributed by atoms with E-state index in [9.17, 15) is 9.59 Å². The highest BCUT2D eigenvalue weighted by molar-refractivity contribution is 5.95. The fourth-order valence-electron chi connectivity index (χ4n) is 2.47. The van der Waals surface area contributed by atoms with E-state index in [1.54, 1.807) is 0 Å². The van der Waals surface area contributed by atoms with Gasteiger partial charge in [0.05, 0.1) is 0 Å². The zero-order valence-corrected chi connectivity index (χ0v) is 13.7. The summed E-state index contributed by atoms with van der Waals surface area (Å²) in [4.78, 5) is 25.2. The lowest BCUT2D eigenvalue weighted by molar-refractivity contribution is -0.121. The van der Waals surface area contributed by atoms with E-state index in [1.807, 2.05) is 36.2 Å². The molecule has 1 aromatic carbocycles. The Labute approximate surface area is 137 Å². The van der Waals surface area contributed by atoms with Gasteiger partial charge in [-0.1, -0.05) is 12.1 Å². The Balaban J connectivity index is 0.00000242. The van der Waals surface area contributed by atoms with Gasteiger partial charge in [0.15, 0.2) is 0 Å². The molecule has 0 unspecified atom stereocenters. The number of nitrogens with one attached hydrogen (secondary N) is 2. The largest absolute Gasteiger partial charge is 0.352 e. The average molecular weight is 326 g/mol. The molecular formula is C16H24ClN3O2. The highest BCUT2D eigenvalue weighted by atomic mass is 35.5. The molecule has 6 heteroatoms. The van der Waals surface area contributed by atoms with Gasteiger partial charge in [-0.25, -0.2) is 0 Å². The number of hydrogen-bond acceptors (Lipinski definition) is 3. The summed E-state index contributed by atoms with van der Waals surface area (Å²) in [6, 6.07) is 7.83. The van der Waals surface area contributed by atoms with Crippen molar-refractivity contribution < 1.29 is 9.59 Å². The Morgan fingerprint density at radius 3 is 2.86 bits per heavy atom. The maximum absolute atomic E-state index is 11.7. The fourth-order valence-corrected chi connectivity index (χ4v) is 2.47. The van der Waals surface area contributed by atoms with E-state index >= 15 is 0 Å². The van der Waals surface area contributed by atoms with Crippen LogP contribution in [-0.4, -0.2) is 32.0 Å². The summed E-state index contributed by atoms with van der Waals surface area (Å²) in [6.45, 7) is 2.15. The molecule has 0 radical (unpaired) electrons. The molecule has 0 aromatic heterocycles. The van der Waals surface area contributed by atoms with Crippen molar-refractivity contribution in [2.75, 3.05) is 25.0 Å². The van der Waals surface area contributed by atoms with Crippen LogP contribution in [0, 0.1) is 0 Å². The molecule has 1 fully saturated rings. The van der Waals surface area contributed by atoms with Crippen molar-refractivity contribution in [2.45, 2.75) is 32.2 Å². The van der Waals surface area contributed by atoms with Gasteiger partial charge in [-0.3, -0.25) is 9.59 Å². The second kappa shape index (κ2) is 9.43. The van der Waals surface area contributed by atoms with Gasteiger partial charge in [-0.05, 0) is 44.1 Å². The normalized spacial score (nSPS) is 13.9. The number of rotatable bonds is 7. The number of nitrogens with zero attached hydrogens (tertiary/aromatic N) is 1. The Kier molecular flexibility index (Phi) is 7.91. The maximum Gasteiger partial charge on any atom is 0.227 e. The van der Waals surface area contributed by atoms with Crippen LogP contribution in [0.2, 0.25) is 0 Å². The van der Waals surface area contributed by atoms with Gasteiger partial charge in [0, 0.05) is 31.6 Å². The molecule has 0 bridgehead atoms. The molecule has 1 aliphatic rings. The van der Waals surface area contributed by atoms with Crippen molar-refractivity contribution >= 4 is 29.9 Å². The molecule has 0 saturated carbocycles. The van der Waals surface area contributed by atoms with E-state index in [1.165, 1.54) is 0 Å². The highest BCUT2D eigenvalue weighted by Gasteiger charge is 2.21. The minimum absolute atomic E-state index is 0. The molecule has 0 spiro atoms. The lowest BCUT2D eigenvalue weighted by Gasteiger charge is -2.16. The molecule has 5 nitrogen and oxygen atoms in total. The molecule has 1 aromatic rings. The summed E-state index contributed by atoms with van der Waals surface area (Å²) in [5, 5.41) is 5.94. The van der Waals surface area contributed by atoms with E-state index in [0.29, 0.717) is 19.4 Å². The number of amides is 2. The summed E-state index contributed by atoms with van der Waals surface area (Å²) >= 11 is 0. The number of carbonyl (C=O) groups excluding carboxylic acids is 2. The first-order chi connectivity index (χ1) is 10.2. The minimum Gasteiger partial charge on any atom is -0.352 e.